The van der Waals surface area contributed by atoms with Crippen molar-refractivity contribution < 1.29 is 28.8 Å². The number of nitrogens with one attached hydrogen (secondary N) is 4. The van der Waals surface area contributed by atoms with Crippen LogP contribution in [0.15, 0.2) is 18.2 Å². The molecule has 0 bridgehead atoms. The second kappa shape index (κ2) is 10.1. The summed E-state index contributed by atoms with van der Waals surface area (Å²) in [5, 5.41) is 8.32. The number of amides is 3. The monoisotopic (exact) mass is 405 g/mol. The number of piperidine rings is 1. The fourth-order valence-electron chi connectivity index (χ4n) is 3.48. The lowest BCUT2D eigenvalue weighted by molar-refractivity contribution is -0.897. The molecule has 0 aromatic heterocycles. The SMILES string of the molecule is CCCNC(=O)CNC(=O)C[NH+]1CCC(C(=O)Nc2ccc3c(c2)OCO3)CC1. The minimum absolute atomic E-state index is 0.00662. The summed E-state index contributed by atoms with van der Waals surface area (Å²) < 4.78 is 10.6. The van der Waals surface area contributed by atoms with Crippen molar-refractivity contribution in [3.05, 3.63) is 18.2 Å². The van der Waals surface area contributed by atoms with Crippen LogP contribution >= 0.6 is 0 Å². The van der Waals surface area contributed by atoms with E-state index in [0.29, 0.717) is 30.3 Å². The summed E-state index contributed by atoms with van der Waals surface area (Å²) >= 11 is 0. The molecule has 0 atom stereocenters. The normalized spacial score (nSPS) is 20.0. The highest BCUT2D eigenvalue weighted by molar-refractivity contribution is 5.93. The van der Waals surface area contributed by atoms with E-state index in [1.165, 1.54) is 0 Å². The third kappa shape index (κ3) is 6.08. The van der Waals surface area contributed by atoms with E-state index < -0.39 is 0 Å². The molecule has 1 fully saturated rings. The number of benzene rings is 1. The molecule has 0 spiro atoms. The smallest absolute Gasteiger partial charge is 0.275 e. The summed E-state index contributed by atoms with van der Waals surface area (Å²) in [4.78, 5) is 37.2. The van der Waals surface area contributed by atoms with E-state index in [0.717, 1.165) is 37.3 Å². The van der Waals surface area contributed by atoms with Crippen molar-refractivity contribution in [1.29, 1.82) is 0 Å². The molecule has 158 valence electrons. The first-order chi connectivity index (χ1) is 14.0. The minimum Gasteiger partial charge on any atom is -0.454 e. The third-order valence-electron chi connectivity index (χ3n) is 5.13. The van der Waals surface area contributed by atoms with Crippen LogP contribution in [0.1, 0.15) is 26.2 Å². The molecule has 1 aromatic rings. The van der Waals surface area contributed by atoms with Gasteiger partial charge in [0.15, 0.2) is 18.0 Å². The Morgan fingerprint density at radius 2 is 1.83 bits per heavy atom. The molecule has 1 aromatic carbocycles. The van der Waals surface area contributed by atoms with Gasteiger partial charge in [-0.2, -0.15) is 0 Å². The second-order valence-corrected chi connectivity index (χ2v) is 7.39. The first-order valence-corrected chi connectivity index (χ1v) is 10.1. The summed E-state index contributed by atoms with van der Waals surface area (Å²) in [5.41, 5.74) is 0.690. The zero-order valence-electron chi connectivity index (χ0n) is 16.7. The van der Waals surface area contributed by atoms with Gasteiger partial charge in [-0.05, 0) is 18.6 Å². The van der Waals surface area contributed by atoms with Crippen LogP contribution in [-0.4, -0.2) is 57.2 Å². The Bertz CT molecular complexity index is 746. The highest BCUT2D eigenvalue weighted by atomic mass is 16.7. The third-order valence-corrected chi connectivity index (χ3v) is 5.13. The van der Waals surface area contributed by atoms with Crippen molar-refractivity contribution in [3.63, 3.8) is 0 Å². The van der Waals surface area contributed by atoms with E-state index >= 15 is 0 Å². The van der Waals surface area contributed by atoms with Gasteiger partial charge in [0.05, 0.1) is 19.6 Å². The van der Waals surface area contributed by atoms with Crippen molar-refractivity contribution in [3.8, 4) is 11.5 Å². The van der Waals surface area contributed by atoms with Crippen LogP contribution < -0.4 is 30.3 Å². The Hall–Kier alpha value is -2.81. The minimum atomic E-state index is -0.172. The molecular formula is C20H29N4O5+. The molecule has 29 heavy (non-hydrogen) atoms. The number of hydrogen-bond donors (Lipinski definition) is 4. The molecule has 3 amide bonds. The summed E-state index contributed by atoms with van der Waals surface area (Å²) in [6.07, 6.45) is 2.30. The Kier molecular flexibility index (Phi) is 7.29. The van der Waals surface area contributed by atoms with Gasteiger partial charge in [0.1, 0.15) is 0 Å². The number of ether oxygens (including phenoxy) is 2. The highest BCUT2D eigenvalue weighted by Crippen LogP contribution is 2.34. The van der Waals surface area contributed by atoms with Crippen molar-refractivity contribution in [2.75, 3.05) is 44.8 Å². The molecule has 0 radical (unpaired) electrons. The first kappa shape index (κ1) is 20.9. The average molecular weight is 405 g/mol. The number of carbonyl (C=O) groups excluding carboxylic acids is 3. The molecule has 4 N–H and O–H groups in total. The Morgan fingerprint density at radius 1 is 1.07 bits per heavy atom. The maximum absolute atomic E-state index is 12.5. The number of hydrogen-bond acceptors (Lipinski definition) is 5. The molecule has 9 nitrogen and oxygen atoms in total. The maximum atomic E-state index is 12.5. The lowest BCUT2D eigenvalue weighted by atomic mass is 9.96. The number of carbonyl (C=O) groups is 3. The summed E-state index contributed by atoms with van der Waals surface area (Å²) in [5.74, 6) is 0.911. The van der Waals surface area contributed by atoms with Crippen molar-refractivity contribution in [1.82, 2.24) is 10.6 Å². The van der Waals surface area contributed by atoms with E-state index in [2.05, 4.69) is 16.0 Å². The van der Waals surface area contributed by atoms with Crippen molar-refractivity contribution in [2.24, 2.45) is 5.92 Å². The summed E-state index contributed by atoms with van der Waals surface area (Å²) in [6, 6.07) is 5.35. The van der Waals surface area contributed by atoms with Crippen LogP contribution in [0.5, 0.6) is 11.5 Å². The van der Waals surface area contributed by atoms with Crippen LogP contribution in [-0.2, 0) is 14.4 Å². The van der Waals surface area contributed by atoms with Gasteiger partial charge in [-0.1, -0.05) is 6.92 Å². The highest BCUT2D eigenvalue weighted by Gasteiger charge is 2.29. The lowest BCUT2D eigenvalue weighted by Crippen LogP contribution is -3.14. The van der Waals surface area contributed by atoms with Gasteiger partial charge in [-0.15, -0.1) is 0 Å². The number of fused-ring (bicyclic) bond motifs is 1. The zero-order chi connectivity index (χ0) is 20.6. The van der Waals surface area contributed by atoms with E-state index in [-0.39, 0.29) is 37.0 Å². The molecule has 0 aliphatic carbocycles. The van der Waals surface area contributed by atoms with E-state index in [1.54, 1.807) is 18.2 Å². The lowest BCUT2D eigenvalue weighted by Gasteiger charge is -2.28. The van der Waals surface area contributed by atoms with E-state index in [4.69, 9.17) is 9.47 Å². The molecule has 2 heterocycles. The van der Waals surface area contributed by atoms with Crippen LogP contribution in [0.3, 0.4) is 0 Å². The average Bonchev–Trinajstić information content (AvgIpc) is 3.19. The zero-order valence-corrected chi connectivity index (χ0v) is 16.7. The predicted molar refractivity (Wildman–Crippen MR) is 106 cm³/mol. The standard InChI is InChI=1S/C20H28N4O5/c1-2-7-21-18(25)11-22-19(26)12-24-8-5-14(6-9-24)20(27)23-15-3-4-16-17(10-15)29-13-28-16/h3-4,10,14H,2,5-9,11-13H2,1H3,(H,21,25)(H,22,26)(H,23,27)/p+1. The van der Waals surface area contributed by atoms with E-state index in [1.807, 2.05) is 6.92 Å². The molecule has 0 saturated carbocycles. The Morgan fingerprint density at radius 3 is 2.59 bits per heavy atom. The molecule has 2 aliphatic heterocycles. The predicted octanol–water partition coefficient (Wildman–Crippen LogP) is -0.709. The number of likely N-dealkylation sites (tertiary alicyclic amines) is 1. The van der Waals surface area contributed by atoms with Crippen LogP contribution in [0.2, 0.25) is 0 Å². The largest absolute Gasteiger partial charge is 0.454 e. The number of quaternary nitrogens is 1. The Balaban J connectivity index is 1.37. The van der Waals surface area contributed by atoms with Gasteiger partial charge >= 0.3 is 0 Å². The Labute approximate surface area is 170 Å². The van der Waals surface area contributed by atoms with Crippen LogP contribution in [0.4, 0.5) is 5.69 Å². The number of anilines is 1. The van der Waals surface area contributed by atoms with Crippen molar-refractivity contribution >= 4 is 23.4 Å². The van der Waals surface area contributed by atoms with Gasteiger partial charge in [0.25, 0.3) is 5.91 Å². The van der Waals surface area contributed by atoms with Gasteiger partial charge in [0, 0.05) is 37.1 Å². The van der Waals surface area contributed by atoms with E-state index in [9.17, 15) is 14.4 Å². The molecular weight excluding hydrogens is 376 g/mol. The summed E-state index contributed by atoms with van der Waals surface area (Å²) in [6.45, 7) is 4.60. The maximum Gasteiger partial charge on any atom is 0.275 e. The molecule has 9 heteroatoms. The van der Waals surface area contributed by atoms with Crippen LogP contribution in [0.25, 0.3) is 0 Å². The van der Waals surface area contributed by atoms with Crippen LogP contribution in [0, 0.1) is 5.92 Å². The summed E-state index contributed by atoms with van der Waals surface area (Å²) in [7, 11) is 0. The number of rotatable bonds is 8. The van der Waals surface area contributed by atoms with Gasteiger partial charge < -0.3 is 30.3 Å². The van der Waals surface area contributed by atoms with Gasteiger partial charge in [-0.25, -0.2) is 0 Å². The topological polar surface area (TPSA) is 110 Å². The molecule has 0 unspecified atom stereocenters. The molecule has 3 rings (SSSR count). The fourth-order valence-corrected chi connectivity index (χ4v) is 3.48. The van der Waals surface area contributed by atoms with Gasteiger partial charge in [0.2, 0.25) is 18.6 Å². The van der Waals surface area contributed by atoms with Crippen molar-refractivity contribution in [2.45, 2.75) is 26.2 Å². The molecule has 2 aliphatic rings. The first-order valence-electron chi connectivity index (χ1n) is 10.1. The molecule has 1 saturated heterocycles. The fraction of sp³-hybridized carbons (Fsp3) is 0.550. The second-order valence-electron chi connectivity index (χ2n) is 7.39. The quantitative estimate of drug-likeness (QED) is 0.457. The van der Waals surface area contributed by atoms with Gasteiger partial charge in [-0.3, -0.25) is 14.4 Å².